The van der Waals surface area contributed by atoms with Crippen LogP contribution in [0.4, 0.5) is 34.1 Å². The second kappa shape index (κ2) is 16.2. The van der Waals surface area contributed by atoms with Gasteiger partial charge in [-0.2, -0.15) is 0 Å². The summed E-state index contributed by atoms with van der Waals surface area (Å²) in [6.07, 6.45) is 0. The first-order chi connectivity index (χ1) is 33.0. The van der Waals surface area contributed by atoms with E-state index in [1.807, 2.05) is 22.7 Å². The van der Waals surface area contributed by atoms with Crippen LogP contribution in [-0.2, 0) is 0 Å². The summed E-state index contributed by atoms with van der Waals surface area (Å²) < 4.78 is 7.62. The van der Waals surface area contributed by atoms with E-state index in [1.54, 1.807) is 0 Å². The molecule has 0 fully saturated rings. The van der Waals surface area contributed by atoms with Gasteiger partial charge in [-0.1, -0.05) is 24.3 Å². The molecule has 0 radical (unpaired) electrons. The first-order valence-electron chi connectivity index (χ1n) is 23.5. The zero-order valence-corrected chi connectivity index (χ0v) is 41.4. The average molecular weight is 917 g/mol. The molecule has 12 rings (SSSR count). The molecule has 332 valence electrons. The molecule has 0 aliphatic carbocycles. The van der Waals surface area contributed by atoms with E-state index < -0.39 is 0 Å². The molecule has 0 atom stereocenters. The summed E-state index contributed by atoms with van der Waals surface area (Å²) in [7, 11) is 0. The van der Waals surface area contributed by atoms with Crippen LogP contribution in [0.1, 0.15) is 44.5 Å². The molecule has 6 heteroatoms. The van der Waals surface area contributed by atoms with Crippen molar-refractivity contribution in [3.63, 3.8) is 0 Å². The lowest BCUT2D eigenvalue weighted by Crippen LogP contribution is -2.11. The van der Waals surface area contributed by atoms with Crippen LogP contribution in [0.15, 0.2) is 168 Å². The van der Waals surface area contributed by atoms with Crippen LogP contribution in [0.5, 0.6) is 0 Å². The van der Waals surface area contributed by atoms with E-state index in [1.165, 1.54) is 97.5 Å². The minimum absolute atomic E-state index is 1.12. The molecule has 0 spiro atoms. The normalized spacial score (nSPS) is 11.8. The maximum atomic E-state index is 2.52. The fraction of sp³-hybridized carbons (Fsp3) is 0.129. The van der Waals surface area contributed by atoms with E-state index in [2.05, 4.69) is 243 Å². The van der Waals surface area contributed by atoms with Crippen molar-refractivity contribution >= 4 is 110 Å². The molecular formula is C62H52N4S2. The van der Waals surface area contributed by atoms with Crippen molar-refractivity contribution in [3.05, 3.63) is 213 Å². The Kier molecular flexibility index (Phi) is 9.98. The summed E-state index contributed by atoms with van der Waals surface area (Å²) in [5.41, 5.74) is 24.2. The SMILES string of the molecule is Cc1ccc(N(c2ccc(-n3c4cc5ccsc5cc4c4c3c3cc5sccc5cc3n4-c3ccc(N(c4ccc(C)c(C)c4)c4ccc(C)c(C)c4)cc3)cc2)c2ccc(C)c(C)c2)cc1C. The van der Waals surface area contributed by atoms with Crippen molar-refractivity contribution < 1.29 is 0 Å². The smallest absolute Gasteiger partial charge is 0.0804 e. The van der Waals surface area contributed by atoms with Crippen LogP contribution in [-0.4, -0.2) is 9.13 Å². The molecule has 4 nitrogen and oxygen atoms in total. The van der Waals surface area contributed by atoms with Gasteiger partial charge in [-0.05, 0) is 255 Å². The molecule has 0 saturated heterocycles. The Morgan fingerprint density at radius 2 is 0.618 bits per heavy atom. The Balaban J connectivity index is 1.07. The number of hydrogen-bond acceptors (Lipinski definition) is 4. The molecule has 4 heterocycles. The number of nitrogens with zero attached hydrogens (tertiary/aromatic N) is 4. The Morgan fingerprint density at radius 1 is 0.309 bits per heavy atom. The highest BCUT2D eigenvalue weighted by Gasteiger charge is 2.25. The summed E-state index contributed by atoms with van der Waals surface area (Å²) in [6, 6.07) is 59.8. The van der Waals surface area contributed by atoms with Gasteiger partial charge in [0, 0.05) is 65.7 Å². The summed E-state index contributed by atoms with van der Waals surface area (Å²) in [6.45, 7) is 17.6. The Bertz CT molecular complexity index is 3590. The molecule has 0 aliphatic heterocycles. The average Bonchev–Trinajstić information content (AvgIpc) is 4.14. The van der Waals surface area contributed by atoms with Gasteiger partial charge in [0.15, 0.2) is 0 Å². The first-order valence-corrected chi connectivity index (χ1v) is 25.2. The second-order valence-corrected chi connectivity index (χ2v) is 20.7. The molecule has 0 bridgehead atoms. The number of aromatic nitrogens is 2. The third kappa shape index (κ3) is 6.85. The van der Waals surface area contributed by atoms with E-state index in [0.29, 0.717) is 0 Å². The van der Waals surface area contributed by atoms with Gasteiger partial charge in [0.2, 0.25) is 0 Å². The number of thiophene rings is 2. The van der Waals surface area contributed by atoms with Crippen LogP contribution in [0.3, 0.4) is 0 Å². The molecule has 4 aromatic heterocycles. The van der Waals surface area contributed by atoms with Gasteiger partial charge in [-0.3, -0.25) is 0 Å². The maximum absolute atomic E-state index is 2.52. The molecule has 0 N–H and O–H groups in total. The molecule has 0 aliphatic rings. The Labute approximate surface area is 406 Å². The van der Waals surface area contributed by atoms with E-state index in [9.17, 15) is 0 Å². The Hall–Kier alpha value is -7.38. The van der Waals surface area contributed by atoms with Crippen LogP contribution in [0.25, 0.3) is 64.4 Å². The van der Waals surface area contributed by atoms with Gasteiger partial charge in [0.1, 0.15) is 0 Å². The fourth-order valence-corrected chi connectivity index (χ4v) is 11.7. The van der Waals surface area contributed by atoms with Gasteiger partial charge in [-0.15, -0.1) is 22.7 Å². The fourth-order valence-electron chi connectivity index (χ4n) is 10.1. The minimum Gasteiger partial charge on any atom is -0.310 e. The molecule has 68 heavy (non-hydrogen) atoms. The predicted molar refractivity (Wildman–Crippen MR) is 296 cm³/mol. The highest BCUT2D eigenvalue weighted by atomic mass is 32.1. The summed E-state index contributed by atoms with van der Waals surface area (Å²) in [4.78, 5) is 4.79. The van der Waals surface area contributed by atoms with Crippen molar-refractivity contribution in [1.29, 1.82) is 0 Å². The number of hydrogen-bond donors (Lipinski definition) is 0. The van der Waals surface area contributed by atoms with Crippen molar-refractivity contribution in [3.8, 4) is 11.4 Å². The van der Waals surface area contributed by atoms with E-state index in [-0.39, 0.29) is 0 Å². The van der Waals surface area contributed by atoms with E-state index in [0.717, 1.165) is 45.5 Å². The van der Waals surface area contributed by atoms with E-state index >= 15 is 0 Å². The van der Waals surface area contributed by atoms with Crippen molar-refractivity contribution in [2.24, 2.45) is 0 Å². The number of anilines is 6. The zero-order valence-electron chi connectivity index (χ0n) is 39.8. The van der Waals surface area contributed by atoms with Crippen molar-refractivity contribution in [2.45, 2.75) is 55.4 Å². The summed E-state index contributed by atoms with van der Waals surface area (Å²) in [5, 5.41) is 9.42. The monoisotopic (exact) mass is 916 g/mol. The first kappa shape index (κ1) is 42.0. The summed E-state index contributed by atoms with van der Waals surface area (Å²) >= 11 is 3.62. The summed E-state index contributed by atoms with van der Waals surface area (Å²) in [5.74, 6) is 0. The highest BCUT2D eigenvalue weighted by Crippen LogP contribution is 2.46. The number of benzene rings is 8. The molecule has 8 aromatic carbocycles. The quantitative estimate of drug-likeness (QED) is 0.151. The molecule has 0 saturated carbocycles. The minimum atomic E-state index is 1.12. The number of fused-ring (bicyclic) bond motifs is 7. The lowest BCUT2D eigenvalue weighted by molar-refractivity contribution is 1.17. The maximum Gasteiger partial charge on any atom is 0.0804 e. The second-order valence-electron chi connectivity index (χ2n) is 18.8. The van der Waals surface area contributed by atoms with Crippen molar-refractivity contribution in [1.82, 2.24) is 9.13 Å². The topological polar surface area (TPSA) is 16.3 Å². The van der Waals surface area contributed by atoms with Gasteiger partial charge in [0.25, 0.3) is 0 Å². The third-order valence-corrected chi connectivity index (χ3v) is 16.3. The highest BCUT2D eigenvalue weighted by molar-refractivity contribution is 7.17. The van der Waals surface area contributed by atoms with Crippen molar-refractivity contribution in [2.75, 3.05) is 9.80 Å². The van der Waals surface area contributed by atoms with Gasteiger partial charge in [-0.25, -0.2) is 0 Å². The lowest BCUT2D eigenvalue weighted by atomic mass is 10.1. The van der Waals surface area contributed by atoms with Crippen LogP contribution in [0, 0.1) is 55.4 Å². The van der Waals surface area contributed by atoms with Crippen LogP contribution >= 0.6 is 22.7 Å². The van der Waals surface area contributed by atoms with Crippen LogP contribution < -0.4 is 9.80 Å². The predicted octanol–water partition coefficient (Wildman–Crippen LogP) is 18.6. The third-order valence-electron chi connectivity index (χ3n) is 14.5. The van der Waals surface area contributed by atoms with E-state index in [4.69, 9.17) is 0 Å². The lowest BCUT2D eigenvalue weighted by Gasteiger charge is -2.27. The van der Waals surface area contributed by atoms with Gasteiger partial charge >= 0.3 is 0 Å². The molecule has 0 unspecified atom stereocenters. The van der Waals surface area contributed by atoms with Crippen LogP contribution in [0.2, 0.25) is 0 Å². The Morgan fingerprint density at radius 3 is 0.926 bits per heavy atom. The zero-order chi connectivity index (χ0) is 46.5. The van der Waals surface area contributed by atoms with Gasteiger partial charge in [0.05, 0.1) is 22.1 Å². The van der Waals surface area contributed by atoms with Gasteiger partial charge < -0.3 is 18.9 Å². The number of aryl methyl sites for hydroxylation is 8. The molecule has 0 amide bonds. The number of rotatable bonds is 8. The molecule has 12 aromatic rings. The molecular weight excluding hydrogens is 865 g/mol. The largest absolute Gasteiger partial charge is 0.310 e. The standard InChI is InChI=1S/C62H52N4S2/c1-37-9-13-51(29-41(37)5)63(52-14-10-38(2)42(6)30-52)47-17-21-49(22-18-47)65-57-33-45-25-27-67-59(45)35-55(57)62-61(65)56-36-60-46(26-28-68-60)34-58(56)66(62)50-23-19-48(20-24-50)64(53-15-11-39(3)43(7)31-53)54-16-12-40(4)44(8)32-54/h9-36H,1-8H3.